The number of likely N-dealkylation sites (N-methyl/N-ethyl adjacent to an activating group) is 1. The van der Waals surface area contributed by atoms with Gasteiger partial charge in [-0.2, -0.15) is 0 Å². The number of amides is 3. The zero-order valence-electron chi connectivity index (χ0n) is 26.6. The van der Waals surface area contributed by atoms with E-state index in [4.69, 9.17) is 0 Å². The molecule has 0 saturated carbocycles. The van der Waals surface area contributed by atoms with Crippen LogP contribution >= 0.6 is 0 Å². The molecule has 0 aliphatic carbocycles. The van der Waals surface area contributed by atoms with Crippen LogP contribution in [0.4, 0.5) is 0 Å². The summed E-state index contributed by atoms with van der Waals surface area (Å²) < 4.78 is 0. The first-order chi connectivity index (χ1) is 18.9. The number of hydrogen-bond donors (Lipinski definition) is 1. The minimum Gasteiger partial charge on any atom is -0.343 e. The second-order valence-corrected chi connectivity index (χ2v) is 13.4. The Morgan fingerprint density at radius 1 is 0.875 bits per heavy atom. The molecule has 3 amide bonds. The summed E-state index contributed by atoms with van der Waals surface area (Å²) in [5, 5.41) is 3.13. The van der Waals surface area contributed by atoms with E-state index in [2.05, 4.69) is 47.7 Å². The van der Waals surface area contributed by atoms with Crippen molar-refractivity contribution in [1.29, 1.82) is 0 Å². The van der Waals surface area contributed by atoms with Crippen molar-refractivity contribution in [3.63, 3.8) is 0 Å². The van der Waals surface area contributed by atoms with E-state index in [1.807, 2.05) is 33.9 Å². The Bertz CT molecular complexity index is 895. The third-order valence-corrected chi connectivity index (χ3v) is 9.28. The molecular formula is C32H57N5O3. The predicted molar refractivity (Wildman–Crippen MR) is 162 cm³/mol. The van der Waals surface area contributed by atoms with Gasteiger partial charge < -0.3 is 20.0 Å². The van der Waals surface area contributed by atoms with E-state index in [1.54, 1.807) is 4.90 Å². The molecule has 228 valence electrons. The number of carbonyl (C=O) groups is 3. The van der Waals surface area contributed by atoms with E-state index in [-0.39, 0.29) is 53.7 Å². The van der Waals surface area contributed by atoms with Gasteiger partial charge in [-0.3, -0.25) is 19.3 Å². The molecule has 3 saturated heterocycles. The number of piperidine rings is 1. The first-order valence-electron chi connectivity index (χ1n) is 16.0. The third-order valence-electron chi connectivity index (χ3n) is 9.28. The van der Waals surface area contributed by atoms with Crippen molar-refractivity contribution in [3.05, 3.63) is 11.6 Å². The summed E-state index contributed by atoms with van der Waals surface area (Å²) in [6.07, 6.45) is 9.57. The molecule has 0 spiro atoms. The van der Waals surface area contributed by atoms with Crippen LogP contribution in [0.15, 0.2) is 11.6 Å². The van der Waals surface area contributed by atoms with Crippen molar-refractivity contribution in [3.8, 4) is 0 Å². The lowest BCUT2D eigenvalue weighted by Gasteiger charge is -2.39. The van der Waals surface area contributed by atoms with Crippen molar-refractivity contribution in [2.45, 2.75) is 124 Å². The third kappa shape index (κ3) is 8.09. The van der Waals surface area contributed by atoms with Gasteiger partial charge in [0, 0.05) is 37.8 Å². The molecule has 1 N–H and O–H groups in total. The van der Waals surface area contributed by atoms with E-state index in [1.165, 1.54) is 12.8 Å². The Balaban J connectivity index is 1.71. The van der Waals surface area contributed by atoms with E-state index >= 15 is 0 Å². The highest BCUT2D eigenvalue weighted by atomic mass is 16.2. The van der Waals surface area contributed by atoms with Crippen molar-refractivity contribution in [2.75, 3.05) is 39.8 Å². The molecule has 4 atom stereocenters. The second kappa shape index (κ2) is 14.8. The molecule has 3 aliphatic rings. The molecule has 0 aromatic heterocycles. The van der Waals surface area contributed by atoms with Gasteiger partial charge in [0.2, 0.25) is 17.7 Å². The van der Waals surface area contributed by atoms with E-state index in [9.17, 15) is 14.4 Å². The van der Waals surface area contributed by atoms with Crippen molar-refractivity contribution in [1.82, 2.24) is 24.9 Å². The standard InChI is InChI=1S/C32H57N5O3/c1-22(2)28(20-25(7)31(39)37-19-13-14-26(37)21-35-16-11-12-17-35)34(8)32(40)29(23(3)4)33-30(38)27-15-9-10-18-36(27)24(5)6/h20,22-24,26-29H,9-19,21H2,1-8H3,(H,33,38)/t26-,27+,28+,29-/m0/s1. The summed E-state index contributed by atoms with van der Waals surface area (Å²) in [5.74, 6) is 0.0147. The lowest BCUT2D eigenvalue weighted by molar-refractivity contribution is -0.140. The molecule has 0 aromatic rings. The molecule has 0 unspecified atom stereocenters. The minimum atomic E-state index is -0.609. The van der Waals surface area contributed by atoms with Gasteiger partial charge in [0.05, 0.1) is 12.1 Å². The van der Waals surface area contributed by atoms with Gasteiger partial charge in [-0.05, 0) is 90.8 Å². The summed E-state index contributed by atoms with van der Waals surface area (Å²) in [5.41, 5.74) is 0.701. The van der Waals surface area contributed by atoms with Crippen LogP contribution in [0.25, 0.3) is 0 Å². The van der Waals surface area contributed by atoms with Gasteiger partial charge in [0.25, 0.3) is 0 Å². The van der Waals surface area contributed by atoms with Crippen molar-refractivity contribution in [2.24, 2.45) is 11.8 Å². The minimum absolute atomic E-state index is 0.0464. The highest BCUT2D eigenvalue weighted by molar-refractivity contribution is 5.94. The van der Waals surface area contributed by atoms with Crippen LogP contribution in [0.3, 0.4) is 0 Å². The maximum atomic E-state index is 13.9. The van der Waals surface area contributed by atoms with Crippen LogP contribution in [-0.2, 0) is 14.4 Å². The van der Waals surface area contributed by atoms with Gasteiger partial charge in [-0.25, -0.2) is 0 Å². The van der Waals surface area contributed by atoms with Crippen LogP contribution in [0.1, 0.15) is 93.4 Å². The molecule has 0 bridgehead atoms. The molecule has 3 rings (SSSR count). The zero-order chi connectivity index (χ0) is 29.6. The fourth-order valence-electron chi connectivity index (χ4n) is 6.84. The van der Waals surface area contributed by atoms with Crippen LogP contribution in [-0.4, -0.2) is 107 Å². The van der Waals surface area contributed by atoms with Crippen LogP contribution in [0.5, 0.6) is 0 Å². The molecule has 3 aliphatic heterocycles. The average Bonchev–Trinajstić information content (AvgIpc) is 3.61. The monoisotopic (exact) mass is 559 g/mol. The maximum Gasteiger partial charge on any atom is 0.249 e. The van der Waals surface area contributed by atoms with Crippen LogP contribution in [0.2, 0.25) is 0 Å². The Morgan fingerprint density at radius 2 is 1.52 bits per heavy atom. The van der Waals surface area contributed by atoms with Crippen LogP contribution < -0.4 is 5.32 Å². The fraction of sp³-hybridized carbons (Fsp3) is 0.844. The predicted octanol–water partition coefficient (Wildman–Crippen LogP) is 3.91. The highest BCUT2D eigenvalue weighted by Gasteiger charge is 2.37. The molecule has 8 heteroatoms. The number of hydrogen-bond acceptors (Lipinski definition) is 5. The molecule has 3 heterocycles. The number of likely N-dealkylation sites (tertiary alicyclic amines) is 3. The van der Waals surface area contributed by atoms with Gasteiger partial charge in [-0.1, -0.05) is 40.2 Å². The van der Waals surface area contributed by atoms with Crippen molar-refractivity contribution < 1.29 is 14.4 Å². The summed E-state index contributed by atoms with van der Waals surface area (Å²) in [6.45, 7) is 19.3. The smallest absolute Gasteiger partial charge is 0.249 e. The molecule has 40 heavy (non-hydrogen) atoms. The lowest BCUT2D eigenvalue weighted by Crippen LogP contribution is -2.58. The average molecular weight is 560 g/mol. The van der Waals surface area contributed by atoms with Gasteiger partial charge in [0.15, 0.2) is 0 Å². The first-order valence-corrected chi connectivity index (χ1v) is 16.0. The zero-order valence-corrected chi connectivity index (χ0v) is 26.6. The number of carbonyl (C=O) groups excluding carboxylic acids is 3. The van der Waals surface area contributed by atoms with Gasteiger partial charge >= 0.3 is 0 Å². The normalized spacial score (nSPS) is 24.7. The van der Waals surface area contributed by atoms with E-state index < -0.39 is 6.04 Å². The molecule has 0 aromatic carbocycles. The largest absolute Gasteiger partial charge is 0.343 e. The number of nitrogens with one attached hydrogen (secondary N) is 1. The second-order valence-electron chi connectivity index (χ2n) is 13.4. The first kappa shape index (κ1) is 32.6. The summed E-state index contributed by atoms with van der Waals surface area (Å²) >= 11 is 0. The molecular weight excluding hydrogens is 502 g/mol. The Hall–Kier alpha value is -1.93. The Kier molecular flexibility index (Phi) is 12.1. The molecule has 8 nitrogen and oxygen atoms in total. The van der Waals surface area contributed by atoms with E-state index in [0.29, 0.717) is 5.57 Å². The number of rotatable bonds is 11. The van der Waals surface area contributed by atoms with Crippen molar-refractivity contribution >= 4 is 17.7 Å². The van der Waals surface area contributed by atoms with Gasteiger partial charge in [0.1, 0.15) is 6.04 Å². The summed E-state index contributed by atoms with van der Waals surface area (Å²) in [6, 6.07) is -0.480. The molecule has 3 fully saturated rings. The Labute approximate surface area is 243 Å². The Morgan fingerprint density at radius 3 is 2.12 bits per heavy atom. The fourth-order valence-corrected chi connectivity index (χ4v) is 6.84. The lowest BCUT2D eigenvalue weighted by atomic mass is 9.95. The highest BCUT2D eigenvalue weighted by Crippen LogP contribution is 2.24. The topological polar surface area (TPSA) is 76.2 Å². The van der Waals surface area contributed by atoms with Gasteiger partial charge in [-0.15, -0.1) is 0 Å². The summed E-state index contributed by atoms with van der Waals surface area (Å²) in [7, 11) is 1.82. The maximum absolute atomic E-state index is 13.9. The quantitative estimate of drug-likeness (QED) is 0.389. The van der Waals surface area contributed by atoms with E-state index in [0.717, 1.165) is 64.8 Å². The number of nitrogens with zero attached hydrogens (tertiary/aromatic N) is 4. The molecule has 0 radical (unpaired) electrons. The summed E-state index contributed by atoms with van der Waals surface area (Å²) in [4.78, 5) is 49.5. The van der Waals surface area contributed by atoms with Crippen LogP contribution in [0, 0.1) is 11.8 Å². The SMILES string of the molecule is CC(=C[C@H](C(C)C)N(C)C(=O)[C@@H](NC(=O)[C@H]1CCCCN1C(C)C)C(C)C)C(=O)N1CCC[C@H]1CN1CCCC1.